The summed E-state index contributed by atoms with van der Waals surface area (Å²) in [6.45, 7) is 4.87. The third-order valence-electron chi connectivity index (χ3n) is 4.17. The van der Waals surface area contributed by atoms with Crippen LogP contribution in [0.3, 0.4) is 0 Å². The van der Waals surface area contributed by atoms with E-state index < -0.39 is 0 Å². The molecule has 0 aliphatic carbocycles. The molecule has 1 fully saturated rings. The van der Waals surface area contributed by atoms with Crippen LogP contribution in [0.2, 0.25) is 0 Å². The summed E-state index contributed by atoms with van der Waals surface area (Å²) in [5.41, 5.74) is 4.40. The van der Waals surface area contributed by atoms with Gasteiger partial charge in [0.15, 0.2) is 0 Å². The van der Waals surface area contributed by atoms with Gasteiger partial charge in [0.1, 0.15) is 0 Å². The highest BCUT2D eigenvalue weighted by Crippen LogP contribution is 2.31. The van der Waals surface area contributed by atoms with E-state index in [0.717, 1.165) is 48.8 Å². The predicted octanol–water partition coefficient (Wildman–Crippen LogP) is 1.91. The van der Waals surface area contributed by atoms with Gasteiger partial charge in [0, 0.05) is 31.2 Å². The quantitative estimate of drug-likeness (QED) is 0.914. The van der Waals surface area contributed by atoms with E-state index in [0.29, 0.717) is 6.04 Å². The second-order valence-corrected chi connectivity index (χ2v) is 6.28. The fourth-order valence-electron chi connectivity index (χ4n) is 3.07. The number of likely N-dealkylation sites (tertiary alicyclic amines) is 1. The molecule has 3 heterocycles. The molecule has 1 aliphatic rings. The lowest BCUT2D eigenvalue weighted by Gasteiger charge is -2.23. The number of H-pyrrole nitrogens is 1. The van der Waals surface area contributed by atoms with E-state index in [4.69, 9.17) is 4.98 Å². The van der Waals surface area contributed by atoms with E-state index in [1.807, 2.05) is 12.4 Å². The van der Waals surface area contributed by atoms with E-state index in [2.05, 4.69) is 45.8 Å². The van der Waals surface area contributed by atoms with Crippen LogP contribution in [0.5, 0.6) is 0 Å². The molecule has 2 aromatic rings. The largest absolute Gasteiger partial charge is 0.348 e. The summed E-state index contributed by atoms with van der Waals surface area (Å²) < 4.78 is 0. The van der Waals surface area contributed by atoms with Gasteiger partial charge in [-0.05, 0) is 40.4 Å². The highest BCUT2D eigenvalue weighted by molar-refractivity contribution is 5.13. The number of rotatable bonds is 5. The Morgan fingerprint density at radius 3 is 2.95 bits per heavy atom. The van der Waals surface area contributed by atoms with Gasteiger partial charge in [-0.15, -0.1) is 0 Å². The maximum absolute atomic E-state index is 4.82. The molecule has 1 unspecified atom stereocenters. The topological polar surface area (TPSA) is 60.9 Å². The highest BCUT2D eigenvalue weighted by Gasteiger charge is 2.28. The van der Waals surface area contributed by atoms with E-state index in [1.165, 1.54) is 6.42 Å². The number of aromatic amines is 1. The van der Waals surface area contributed by atoms with Crippen LogP contribution in [0.15, 0.2) is 18.7 Å². The van der Waals surface area contributed by atoms with Crippen molar-refractivity contribution in [2.75, 3.05) is 20.6 Å². The van der Waals surface area contributed by atoms with Crippen molar-refractivity contribution in [3.05, 3.63) is 41.5 Å². The predicted molar refractivity (Wildman–Crippen MR) is 85.1 cm³/mol. The SMILES string of the molecule is Cc1[nH]cnc1CN1CCCC1c1cncc(CN(C)C)n1. The fourth-order valence-corrected chi connectivity index (χ4v) is 3.07. The average molecular weight is 300 g/mol. The maximum atomic E-state index is 4.82. The molecule has 0 aromatic carbocycles. The molecule has 0 radical (unpaired) electrons. The van der Waals surface area contributed by atoms with Crippen LogP contribution < -0.4 is 0 Å². The number of hydrogen-bond acceptors (Lipinski definition) is 5. The molecular weight excluding hydrogens is 276 g/mol. The summed E-state index contributed by atoms with van der Waals surface area (Å²) >= 11 is 0. The van der Waals surface area contributed by atoms with Crippen molar-refractivity contribution in [1.82, 2.24) is 29.7 Å². The molecule has 1 N–H and O–H groups in total. The van der Waals surface area contributed by atoms with Crippen LogP contribution >= 0.6 is 0 Å². The van der Waals surface area contributed by atoms with Gasteiger partial charge in [0.25, 0.3) is 0 Å². The van der Waals surface area contributed by atoms with Gasteiger partial charge in [-0.3, -0.25) is 14.9 Å². The summed E-state index contributed by atoms with van der Waals surface area (Å²) in [4.78, 5) is 21.4. The van der Waals surface area contributed by atoms with E-state index in [9.17, 15) is 0 Å². The summed E-state index contributed by atoms with van der Waals surface area (Å²) in [5, 5.41) is 0. The second kappa shape index (κ2) is 6.54. The molecule has 2 aromatic heterocycles. The van der Waals surface area contributed by atoms with Crippen molar-refractivity contribution in [1.29, 1.82) is 0 Å². The Morgan fingerprint density at radius 1 is 1.36 bits per heavy atom. The minimum Gasteiger partial charge on any atom is -0.348 e. The average Bonchev–Trinajstić information content (AvgIpc) is 3.09. The Kier molecular flexibility index (Phi) is 4.49. The number of aromatic nitrogens is 4. The molecule has 1 aliphatic heterocycles. The first-order chi connectivity index (χ1) is 10.6. The molecular formula is C16H24N6. The monoisotopic (exact) mass is 300 g/mol. The number of imidazole rings is 1. The van der Waals surface area contributed by atoms with E-state index >= 15 is 0 Å². The molecule has 6 nitrogen and oxygen atoms in total. The van der Waals surface area contributed by atoms with Gasteiger partial charge in [-0.2, -0.15) is 0 Å². The summed E-state index contributed by atoms with van der Waals surface area (Å²) in [6.07, 6.45) is 7.89. The van der Waals surface area contributed by atoms with Gasteiger partial charge < -0.3 is 9.88 Å². The Labute approximate surface area is 131 Å². The van der Waals surface area contributed by atoms with Crippen molar-refractivity contribution >= 4 is 0 Å². The first kappa shape index (κ1) is 15.1. The summed E-state index contributed by atoms with van der Waals surface area (Å²) in [6, 6.07) is 0.353. The summed E-state index contributed by atoms with van der Waals surface area (Å²) in [7, 11) is 4.10. The highest BCUT2D eigenvalue weighted by atomic mass is 15.2. The molecule has 118 valence electrons. The molecule has 22 heavy (non-hydrogen) atoms. The fraction of sp³-hybridized carbons (Fsp3) is 0.562. The standard InChI is InChI=1S/C16H24N6/c1-12-15(19-11-18-12)10-22-6-4-5-16(22)14-8-17-7-13(20-14)9-21(2)3/h7-8,11,16H,4-6,9-10H2,1-3H3,(H,18,19). The van der Waals surface area contributed by atoms with Crippen molar-refractivity contribution < 1.29 is 0 Å². The lowest BCUT2D eigenvalue weighted by molar-refractivity contribution is 0.240. The molecule has 1 saturated heterocycles. The van der Waals surface area contributed by atoms with Gasteiger partial charge in [-0.25, -0.2) is 4.98 Å². The lowest BCUT2D eigenvalue weighted by Crippen LogP contribution is -2.24. The first-order valence-corrected chi connectivity index (χ1v) is 7.82. The van der Waals surface area contributed by atoms with Crippen molar-refractivity contribution in [3.63, 3.8) is 0 Å². The van der Waals surface area contributed by atoms with Crippen LogP contribution in [-0.2, 0) is 13.1 Å². The minimum atomic E-state index is 0.353. The molecule has 0 amide bonds. The van der Waals surface area contributed by atoms with E-state index in [-0.39, 0.29) is 0 Å². The normalized spacial score (nSPS) is 19.2. The third kappa shape index (κ3) is 3.34. The molecule has 0 bridgehead atoms. The molecule has 0 saturated carbocycles. The number of aryl methyl sites for hydroxylation is 1. The van der Waals surface area contributed by atoms with Crippen molar-refractivity contribution in [2.24, 2.45) is 0 Å². The van der Waals surface area contributed by atoms with Crippen LogP contribution in [0.25, 0.3) is 0 Å². The van der Waals surface area contributed by atoms with Gasteiger partial charge in [-0.1, -0.05) is 0 Å². The van der Waals surface area contributed by atoms with Crippen LogP contribution in [0.1, 0.15) is 41.7 Å². The smallest absolute Gasteiger partial charge is 0.0925 e. The lowest BCUT2D eigenvalue weighted by atomic mass is 10.1. The van der Waals surface area contributed by atoms with Crippen LogP contribution in [0, 0.1) is 6.92 Å². The first-order valence-electron chi connectivity index (χ1n) is 7.82. The Bertz CT molecular complexity index is 621. The van der Waals surface area contributed by atoms with Crippen LogP contribution in [-0.4, -0.2) is 50.4 Å². The van der Waals surface area contributed by atoms with Gasteiger partial charge in [0.05, 0.1) is 29.5 Å². The molecule has 3 rings (SSSR count). The Balaban J connectivity index is 1.76. The van der Waals surface area contributed by atoms with E-state index in [1.54, 1.807) is 6.33 Å². The Hall–Kier alpha value is -1.79. The molecule has 1 atom stereocenters. The number of nitrogens with zero attached hydrogens (tertiary/aromatic N) is 5. The van der Waals surface area contributed by atoms with Crippen LogP contribution in [0.4, 0.5) is 0 Å². The molecule has 6 heteroatoms. The van der Waals surface area contributed by atoms with Gasteiger partial charge in [0.2, 0.25) is 0 Å². The zero-order chi connectivity index (χ0) is 15.5. The zero-order valence-corrected chi connectivity index (χ0v) is 13.6. The number of hydrogen-bond donors (Lipinski definition) is 1. The zero-order valence-electron chi connectivity index (χ0n) is 13.6. The Morgan fingerprint density at radius 2 is 2.23 bits per heavy atom. The van der Waals surface area contributed by atoms with Crippen molar-refractivity contribution in [3.8, 4) is 0 Å². The number of nitrogens with one attached hydrogen (secondary N) is 1. The molecule has 0 spiro atoms. The summed E-state index contributed by atoms with van der Waals surface area (Å²) in [5.74, 6) is 0. The van der Waals surface area contributed by atoms with Gasteiger partial charge >= 0.3 is 0 Å². The van der Waals surface area contributed by atoms with Crippen molar-refractivity contribution in [2.45, 2.75) is 38.9 Å². The maximum Gasteiger partial charge on any atom is 0.0925 e. The second-order valence-electron chi connectivity index (χ2n) is 6.28. The third-order valence-corrected chi connectivity index (χ3v) is 4.17. The minimum absolute atomic E-state index is 0.353.